The Balaban J connectivity index is 2.63. The Labute approximate surface area is 126 Å². The monoisotopic (exact) mass is 309 g/mol. The molecule has 0 aliphatic heterocycles. The molecule has 1 aromatic carbocycles. The maximum Gasteiger partial charge on any atom is 0.331 e. The van der Waals surface area contributed by atoms with Gasteiger partial charge in [-0.25, -0.2) is 4.79 Å². The summed E-state index contributed by atoms with van der Waals surface area (Å²) < 4.78 is 1.13. The van der Waals surface area contributed by atoms with Gasteiger partial charge in [-0.15, -0.1) is 0 Å². The minimum Gasteiger partial charge on any atom is -0.494 e. The number of hydrogen-bond donors (Lipinski definition) is 2. The summed E-state index contributed by atoms with van der Waals surface area (Å²) in [4.78, 5) is 27.9. The molecule has 1 heterocycles. The van der Waals surface area contributed by atoms with Crippen molar-refractivity contribution in [3.05, 3.63) is 50.1 Å². The lowest BCUT2D eigenvalue weighted by molar-refractivity contribution is 0.347. The molecule has 6 nitrogen and oxygen atoms in total. The van der Waals surface area contributed by atoms with Crippen LogP contribution in [0.4, 0.5) is 0 Å². The van der Waals surface area contributed by atoms with E-state index in [4.69, 9.17) is 11.6 Å². The Bertz CT molecular complexity index is 765. The average molecular weight is 310 g/mol. The smallest absolute Gasteiger partial charge is 0.331 e. The molecule has 0 radical (unpaired) electrons. The summed E-state index contributed by atoms with van der Waals surface area (Å²) in [5.41, 5.74) is -0.919. The second-order valence-corrected chi connectivity index (χ2v) is 5.30. The largest absolute Gasteiger partial charge is 0.494 e. The van der Waals surface area contributed by atoms with Crippen LogP contribution in [0.3, 0.4) is 0 Å². The lowest BCUT2D eigenvalue weighted by Gasteiger charge is -2.14. The van der Waals surface area contributed by atoms with E-state index >= 15 is 0 Å². The SMILES string of the molecule is CN(C)CCn1c(O)c(-c2ccccc2Cl)c(=O)[nH]c1=O. The highest BCUT2D eigenvalue weighted by Gasteiger charge is 2.17. The number of halogens is 1. The van der Waals surface area contributed by atoms with Gasteiger partial charge in [0, 0.05) is 23.7 Å². The second kappa shape index (κ2) is 6.15. The van der Waals surface area contributed by atoms with Crippen LogP contribution in [0.1, 0.15) is 0 Å². The van der Waals surface area contributed by atoms with Crippen LogP contribution in [0.2, 0.25) is 5.02 Å². The minimum atomic E-state index is -0.660. The quantitative estimate of drug-likeness (QED) is 0.887. The van der Waals surface area contributed by atoms with E-state index < -0.39 is 11.2 Å². The number of nitrogens with one attached hydrogen (secondary N) is 1. The van der Waals surface area contributed by atoms with Crippen LogP contribution in [0.15, 0.2) is 33.9 Å². The van der Waals surface area contributed by atoms with Crippen molar-refractivity contribution in [2.75, 3.05) is 20.6 Å². The van der Waals surface area contributed by atoms with Crippen molar-refractivity contribution in [3.8, 4) is 17.0 Å². The molecular weight excluding hydrogens is 294 g/mol. The summed E-state index contributed by atoms with van der Waals surface area (Å²) in [6, 6.07) is 6.66. The van der Waals surface area contributed by atoms with Gasteiger partial charge < -0.3 is 10.0 Å². The summed E-state index contributed by atoms with van der Waals surface area (Å²) in [6.07, 6.45) is 0. The molecule has 0 atom stereocenters. The molecule has 112 valence electrons. The molecule has 0 fully saturated rings. The molecule has 1 aromatic heterocycles. The Hall–Kier alpha value is -2.05. The van der Waals surface area contributed by atoms with Crippen molar-refractivity contribution >= 4 is 11.6 Å². The maximum atomic E-state index is 12.0. The van der Waals surface area contributed by atoms with Crippen LogP contribution in [-0.4, -0.2) is 40.2 Å². The number of H-pyrrole nitrogens is 1. The minimum absolute atomic E-state index is 0.000967. The zero-order valence-electron chi connectivity index (χ0n) is 11.8. The van der Waals surface area contributed by atoms with Gasteiger partial charge in [0.05, 0.1) is 0 Å². The van der Waals surface area contributed by atoms with Gasteiger partial charge in [0.15, 0.2) is 0 Å². The number of nitrogens with zero attached hydrogens (tertiary/aromatic N) is 2. The number of hydrogen-bond acceptors (Lipinski definition) is 4. The van der Waals surface area contributed by atoms with Gasteiger partial charge in [-0.1, -0.05) is 29.8 Å². The van der Waals surface area contributed by atoms with Crippen LogP contribution in [-0.2, 0) is 6.54 Å². The fraction of sp³-hybridized carbons (Fsp3) is 0.286. The lowest BCUT2D eigenvalue weighted by Crippen LogP contribution is -2.33. The first-order valence-corrected chi connectivity index (χ1v) is 6.75. The molecule has 21 heavy (non-hydrogen) atoms. The van der Waals surface area contributed by atoms with Crippen molar-refractivity contribution in [1.82, 2.24) is 14.5 Å². The zero-order chi connectivity index (χ0) is 15.6. The number of aromatic nitrogens is 2. The summed E-state index contributed by atoms with van der Waals surface area (Å²) in [7, 11) is 3.70. The third-order valence-electron chi connectivity index (χ3n) is 3.09. The van der Waals surface area contributed by atoms with Crippen LogP contribution in [0.5, 0.6) is 5.88 Å². The molecule has 2 aromatic rings. The van der Waals surface area contributed by atoms with Crippen LogP contribution >= 0.6 is 11.6 Å². The van der Waals surface area contributed by atoms with E-state index in [0.29, 0.717) is 17.1 Å². The Morgan fingerprint density at radius 2 is 1.95 bits per heavy atom. The third kappa shape index (κ3) is 3.17. The summed E-state index contributed by atoms with van der Waals surface area (Å²) in [5, 5.41) is 10.6. The predicted octanol–water partition coefficient (Wildman–Crippen LogP) is 1.12. The van der Waals surface area contributed by atoms with Gasteiger partial charge in [0.2, 0.25) is 5.88 Å². The fourth-order valence-corrected chi connectivity index (χ4v) is 2.20. The van der Waals surface area contributed by atoms with E-state index in [2.05, 4.69) is 4.98 Å². The normalized spacial score (nSPS) is 11.0. The highest BCUT2D eigenvalue weighted by molar-refractivity contribution is 6.33. The number of aromatic amines is 1. The summed E-state index contributed by atoms with van der Waals surface area (Å²) >= 11 is 6.06. The first kappa shape index (κ1) is 15.3. The van der Waals surface area contributed by atoms with Crippen molar-refractivity contribution in [2.45, 2.75) is 6.54 Å². The molecular formula is C14H16ClN3O3. The Morgan fingerprint density at radius 1 is 1.29 bits per heavy atom. The molecule has 7 heteroatoms. The lowest BCUT2D eigenvalue weighted by atomic mass is 10.1. The van der Waals surface area contributed by atoms with Gasteiger partial charge >= 0.3 is 5.69 Å². The molecule has 0 bridgehead atoms. The topological polar surface area (TPSA) is 78.3 Å². The van der Waals surface area contributed by atoms with Crippen molar-refractivity contribution in [2.24, 2.45) is 0 Å². The predicted molar refractivity (Wildman–Crippen MR) is 82.0 cm³/mol. The van der Waals surface area contributed by atoms with Crippen LogP contribution < -0.4 is 11.2 Å². The van der Waals surface area contributed by atoms with Crippen molar-refractivity contribution in [1.29, 1.82) is 0 Å². The summed E-state index contributed by atoms with van der Waals surface area (Å²) in [6.45, 7) is 0.799. The van der Waals surface area contributed by atoms with Crippen molar-refractivity contribution < 1.29 is 5.11 Å². The van der Waals surface area contributed by atoms with E-state index in [9.17, 15) is 14.7 Å². The molecule has 0 aliphatic rings. The number of rotatable bonds is 4. The Kier molecular flexibility index (Phi) is 4.50. The molecule has 2 rings (SSSR count). The van der Waals surface area contributed by atoms with Gasteiger partial charge in [-0.2, -0.15) is 0 Å². The molecule has 0 spiro atoms. The van der Waals surface area contributed by atoms with Gasteiger partial charge in [-0.3, -0.25) is 14.3 Å². The van der Waals surface area contributed by atoms with Crippen LogP contribution in [0, 0.1) is 0 Å². The molecule has 0 saturated carbocycles. The molecule has 2 N–H and O–H groups in total. The van der Waals surface area contributed by atoms with E-state index in [1.165, 1.54) is 0 Å². The molecule has 0 aliphatic carbocycles. The van der Waals surface area contributed by atoms with Gasteiger partial charge in [0.25, 0.3) is 5.56 Å². The first-order valence-electron chi connectivity index (χ1n) is 6.37. The van der Waals surface area contributed by atoms with E-state index in [0.717, 1.165) is 4.57 Å². The van der Waals surface area contributed by atoms with Crippen LogP contribution in [0.25, 0.3) is 11.1 Å². The highest BCUT2D eigenvalue weighted by Crippen LogP contribution is 2.30. The molecule has 0 unspecified atom stereocenters. The van der Waals surface area contributed by atoms with E-state index in [-0.39, 0.29) is 18.0 Å². The summed E-state index contributed by atoms with van der Waals surface area (Å²) in [5.74, 6) is -0.376. The van der Waals surface area contributed by atoms with E-state index in [1.54, 1.807) is 24.3 Å². The second-order valence-electron chi connectivity index (χ2n) is 4.89. The third-order valence-corrected chi connectivity index (χ3v) is 3.42. The number of benzene rings is 1. The maximum absolute atomic E-state index is 12.0. The fourth-order valence-electron chi connectivity index (χ4n) is 1.97. The zero-order valence-corrected chi connectivity index (χ0v) is 12.5. The first-order chi connectivity index (χ1) is 9.91. The molecule has 0 saturated heterocycles. The number of aromatic hydroxyl groups is 1. The van der Waals surface area contributed by atoms with Gasteiger partial charge in [-0.05, 0) is 20.2 Å². The standard InChI is InChI=1S/C14H16ClN3O3/c1-17(2)7-8-18-13(20)11(12(19)16-14(18)21)9-5-3-4-6-10(9)15/h3-6,20H,7-8H2,1-2H3,(H,16,19,21). The molecule has 0 amide bonds. The number of likely N-dealkylation sites (N-methyl/N-ethyl adjacent to an activating group) is 1. The highest BCUT2D eigenvalue weighted by atomic mass is 35.5. The average Bonchev–Trinajstić information content (AvgIpc) is 2.40. The van der Waals surface area contributed by atoms with Crippen molar-refractivity contribution in [3.63, 3.8) is 0 Å². The van der Waals surface area contributed by atoms with E-state index in [1.807, 2.05) is 19.0 Å². The Morgan fingerprint density at radius 3 is 2.57 bits per heavy atom. The van der Waals surface area contributed by atoms with Gasteiger partial charge in [0.1, 0.15) is 5.56 Å².